The molecule has 0 bridgehead atoms. The molecule has 8 heteroatoms. The maximum Gasteiger partial charge on any atom is 0.338 e. The van der Waals surface area contributed by atoms with Gasteiger partial charge in [-0.25, -0.2) is 4.79 Å². The van der Waals surface area contributed by atoms with Crippen molar-refractivity contribution in [2.45, 2.75) is 33.8 Å². The first-order valence-electron chi connectivity index (χ1n) is 9.39. The minimum absolute atomic E-state index is 0.225. The summed E-state index contributed by atoms with van der Waals surface area (Å²) in [5.41, 5.74) is 3.32. The summed E-state index contributed by atoms with van der Waals surface area (Å²) in [7, 11) is 0. The highest BCUT2D eigenvalue weighted by Gasteiger charge is 2.19. The molecular weight excluding hydrogens is 386 g/mol. The molecule has 2 aromatic rings. The van der Waals surface area contributed by atoms with E-state index >= 15 is 0 Å². The van der Waals surface area contributed by atoms with Gasteiger partial charge in [-0.1, -0.05) is 18.2 Å². The maximum absolute atomic E-state index is 12.2. The SMILES string of the molecule is CC(=O)Nc1ccc(C(=O)O[C@@H](C)C(=O)NCC(=O)Nc2c(C)cccc2C)cc1. The fourth-order valence-electron chi connectivity index (χ4n) is 2.68. The fraction of sp³-hybridized carbons (Fsp3) is 0.273. The summed E-state index contributed by atoms with van der Waals surface area (Å²) in [6.45, 7) is 6.31. The summed E-state index contributed by atoms with van der Waals surface area (Å²) in [4.78, 5) is 47.5. The van der Waals surface area contributed by atoms with Gasteiger partial charge in [0.1, 0.15) is 0 Å². The second-order valence-corrected chi connectivity index (χ2v) is 6.84. The smallest absolute Gasteiger partial charge is 0.338 e. The van der Waals surface area contributed by atoms with Gasteiger partial charge in [0.05, 0.1) is 12.1 Å². The number of benzene rings is 2. The van der Waals surface area contributed by atoms with Gasteiger partial charge in [-0.15, -0.1) is 0 Å². The van der Waals surface area contributed by atoms with Crippen LogP contribution in [-0.2, 0) is 19.1 Å². The molecule has 0 aliphatic heterocycles. The number of hydrogen-bond acceptors (Lipinski definition) is 5. The molecule has 0 fully saturated rings. The Labute approximate surface area is 175 Å². The van der Waals surface area contributed by atoms with Crippen LogP contribution in [0.15, 0.2) is 42.5 Å². The molecule has 2 rings (SSSR count). The van der Waals surface area contributed by atoms with Crippen LogP contribution in [0.2, 0.25) is 0 Å². The lowest BCUT2D eigenvalue weighted by molar-refractivity contribution is -0.130. The van der Waals surface area contributed by atoms with E-state index in [2.05, 4.69) is 16.0 Å². The first kappa shape index (κ1) is 22.6. The van der Waals surface area contributed by atoms with Gasteiger partial charge in [0.25, 0.3) is 5.91 Å². The predicted octanol–water partition coefficient (Wildman–Crippen LogP) is 2.56. The number of anilines is 2. The summed E-state index contributed by atoms with van der Waals surface area (Å²) in [5.74, 6) is -1.88. The van der Waals surface area contributed by atoms with Crippen LogP contribution in [0, 0.1) is 13.8 Å². The zero-order chi connectivity index (χ0) is 22.3. The number of para-hydroxylation sites is 1. The van der Waals surface area contributed by atoms with E-state index in [1.165, 1.54) is 26.0 Å². The van der Waals surface area contributed by atoms with Crippen LogP contribution in [0.25, 0.3) is 0 Å². The zero-order valence-electron chi connectivity index (χ0n) is 17.4. The molecule has 0 aliphatic carbocycles. The minimum Gasteiger partial charge on any atom is -0.449 e. The van der Waals surface area contributed by atoms with Gasteiger partial charge in [0, 0.05) is 18.3 Å². The number of esters is 1. The third-order valence-electron chi connectivity index (χ3n) is 4.26. The van der Waals surface area contributed by atoms with Gasteiger partial charge in [0.2, 0.25) is 11.8 Å². The van der Waals surface area contributed by atoms with Gasteiger partial charge >= 0.3 is 5.97 Å². The van der Waals surface area contributed by atoms with Crippen molar-refractivity contribution in [2.75, 3.05) is 17.2 Å². The van der Waals surface area contributed by atoms with E-state index in [1.54, 1.807) is 12.1 Å². The lowest BCUT2D eigenvalue weighted by Gasteiger charge is -2.15. The van der Waals surface area contributed by atoms with E-state index < -0.39 is 18.0 Å². The van der Waals surface area contributed by atoms with Crippen LogP contribution in [0.1, 0.15) is 35.3 Å². The van der Waals surface area contributed by atoms with E-state index in [1.807, 2.05) is 32.0 Å². The lowest BCUT2D eigenvalue weighted by Crippen LogP contribution is -2.40. The Balaban J connectivity index is 1.84. The number of carbonyl (C=O) groups is 4. The van der Waals surface area contributed by atoms with E-state index in [4.69, 9.17) is 4.74 Å². The number of nitrogens with one attached hydrogen (secondary N) is 3. The van der Waals surface area contributed by atoms with Crippen LogP contribution in [0.5, 0.6) is 0 Å². The first-order valence-corrected chi connectivity index (χ1v) is 9.39. The van der Waals surface area contributed by atoms with Crippen molar-refractivity contribution >= 4 is 35.1 Å². The van der Waals surface area contributed by atoms with Crippen molar-refractivity contribution in [3.63, 3.8) is 0 Å². The number of rotatable bonds is 7. The maximum atomic E-state index is 12.2. The molecule has 158 valence electrons. The van der Waals surface area contributed by atoms with Crippen molar-refractivity contribution in [1.82, 2.24) is 5.32 Å². The molecule has 8 nitrogen and oxygen atoms in total. The highest BCUT2D eigenvalue weighted by molar-refractivity contribution is 5.97. The van der Waals surface area contributed by atoms with Crippen LogP contribution in [0.3, 0.4) is 0 Å². The Morgan fingerprint density at radius 2 is 1.53 bits per heavy atom. The van der Waals surface area contributed by atoms with Crippen LogP contribution < -0.4 is 16.0 Å². The number of aryl methyl sites for hydroxylation is 2. The average molecular weight is 411 g/mol. The van der Waals surface area contributed by atoms with E-state index in [9.17, 15) is 19.2 Å². The van der Waals surface area contributed by atoms with Crippen molar-refractivity contribution in [3.8, 4) is 0 Å². The summed E-state index contributed by atoms with van der Waals surface area (Å²) < 4.78 is 5.14. The summed E-state index contributed by atoms with van der Waals surface area (Å²) in [6.07, 6.45) is -1.08. The Kier molecular flexibility index (Phi) is 7.69. The summed E-state index contributed by atoms with van der Waals surface area (Å²) >= 11 is 0. The van der Waals surface area contributed by atoms with Crippen molar-refractivity contribution < 1.29 is 23.9 Å². The van der Waals surface area contributed by atoms with Crippen molar-refractivity contribution in [3.05, 3.63) is 59.2 Å². The van der Waals surface area contributed by atoms with Gasteiger partial charge in [0.15, 0.2) is 6.10 Å². The normalized spacial score (nSPS) is 11.2. The van der Waals surface area contributed by atoms with Crippen LogP contribution >= 0.6 is 0 Å². The van der Waals surface area contributed by atoms with E-state index in [-0.39, 0.29) is 23.9 Å². The standard InChI is InChI=1S/C22H25N3O5/c1-13-6-5-7-14(2)20(13)25-19(27)12-23-21(28)15(3)30-22(29)17-8-10-18(11-9-17)24-16(4)26/h5-11,15H,12H2,1-4H3,(H,23,28)(H,24,26)(H,25,27)/t15-/m0/s1. The number of carbonyl (C=O) groups excluding carboxylic acids is 4. The number of hydrogen-bond donors (Lipinski definition) is 3. The molecule has 30 heavy (non-hydrogen) atoms. The molecule has 3 N–H and O–H groups in total. The van der Waals surface area contributed by atoms with Gasteiger partial charge in [-0.3, -0.25) is 14.4 Å². The highest BCUT2D eigenvalue weighted by atomic mass is 16.5. The molecule has 2 aromatic carbocycles. The number of ether oxygens (including phenoxy) is 1. The van der Waals surface area contributed by atoms with Crippen molar-refractivity contribution in [2.24, 2.45) is 0 Å². The topological polar surface area (TPSA) is 114 Å². The van der Waals surface area contributed by atoms with Crippen LogP contribution in [0.4, 0.5) is 11.4 Å². The Bertz CT molecular complexity index is 933. The fourth-order valence-corrected chi connectivity index (χ4v) is 2.68. The third-order valence-corrected chi connectivity index (χ3v) is 4.26. The van der Waals surface area contributed by atoms with Gasteiger partial charge in [-0.05, 0) is 56.2 Å². The quantitative estimate of drug-likeness (QED) is 0.606. The molecule has 0 heterocycles. The number of amides is 3. The monoisotopic (exact) mass is 411 g/mol. The summed E-state index contributed by atoms with van der Waals surface area (Å²) in [5, 5.41) is 7.81. The Hall–Kier alpha value is -3.68. The zero-order valence-corrected chi connectivity index (χ0v) is 17.4. The molecule has 0 aromatic heterocycles. The second kappa shape index (κ2) is 10.2. The van der Waals surface area contributed by atoms with E-state index in [0.717, 1.165) is 11.1 Å². The molecule has 0 unspecified atom stereocenters. The Morgan fingerprint density at radius 1 is 0.933 bits per heavy atom. The average Bonchev–Trinajstić information content (AvgIpc) is 2.69. The second-order valence-electron chi connectivity index (χ2n) is 6.84. The van der Waals surface area contributed by atoms with Crippen LogP contribution in [-0.4, -0.2) is 36.3 Å². The molecule has 0 spiro atoms. The first-order chi connectivity index (χ1) is 14.2. The highest BCUT2D eigenvalue weighted by Crippen LogP contribution is 2.19. The van der Waals surface area contributed by atoms with Gasteiger partial charge in [-0.2, -0.15) is 0 Å². The molecule has 0 radical (unpaired) electrons. The molecule has 0 aliphatic rings. The third kappa shape index (κ3) is 6.44. The predicted molar refractivity (Wildman–Crippen MR) is 113 cm³/mol. The largest absolute Gasteiger partial charge is 0.449 e. The lowest BCUT2D eigenvalue weighted by atomic mass is 10.1. The molecule has 0 saturated carbocycles. The molecule has 0 saturated heterocycles. The molecule has 1 atom stereocenters. The minimum atomic E-state index is -1.08. The van der Waals surface area contributed by atoms with Crippen molar-refractivity contribution in [1.29, 1.82) is 0 Å². The summed E-state index contributed by atoms with van der Waals surface area (Å²) in [6, 6.07) is 11.7. The Morgan fingerprint density at radius 3 is 2.10 bits per heavy atom. The van der Waals surface area contributed by atoms with Gasteiger partial charge < -0.3 is 20.7 Å². The molecular formula is C22H25N3O5. The van der Waals surface area contributed by atoms with E-state index in [0.29, 0.717) is 11.4 Å². The molecule has 3 amide bonds.